The van der Waals surface area contributed by atoms with Gasteiger partial charge in [0.05, 0.1) is 4.47 Å². The minimum absolute atomic E-state index is 0. The lowest BCUT2D eigenvalue weighted by atomic mass is 9.97. The van der Waals surface area contributed by atoms with E-state index in [1.165, 1.54) is 12.1 Å². The molecule has 1 aromatic carbocycles. The number of rotatable bonds is 3. The summed E-state index contributed by atoms with van der Waals surface area (Å²) in [6, 6.07) is 2.17. The molecule has 0 unspecified atom stereocenters. The van der Waals surface area contributed by atoms with Gasteiger partial charge in [0.1, 0.15) is 11.6 Å². The first-order chi connectivity index (χ1) is 6.91. The summed E-state index contributed by atoms with van der Waals surface area (Å²) in [5.41, 5.74) is 6.34. The molecule has 0 aliphatic rings. The van der Waals surface area contributed by atoms with Crippen LogP contribution < -0.4 is 5.73 Å². The first kappa shape index (κ1) is 15.7. The summed E-state index contributed by atoms with van der Waals surface area (Å²) >= 11 is 3.09. The van der Waals surface area contributed by atoms with Gasteiger partial charge in [0, 0.05) is 11.6 Å². The predicted octanol–water partition coefficient (Wildman–Crippen LogP) is 3.76. The molecule has 16 heavy (non-hydrogen) atoms. The van der Waals surface area contributed by atoms with Gasteiger partial charge in [0.25, 0.3) is 0 Å². The summed E-state index contributed by atoms with van der Waals surface area (Å²) < 4.78 is 13.5. The Morgan fingerprint density at radius 2 is 2.00 bits per heavy atom. The molecule has 0 aliphatic carbocycles. The van der Waals surface area contributed by atoms with Crippen molar-refractivity contribution in [2.45, 2.75) is 26.3 Å². The Labute approximate surface area is 110 Å². The summed E-state index contributed by atoms with van der Waals surface area (Å²) in [5, 5.41) is 9.71. The highest BCUT2D eigenvalue weighted by molar-refractivity contribution is 9.10. The van der Waals surface area contributed by atoms with E-state index >= 15 is 0 Å². The molecule has 2 nitrogen and oxygen atoms in total. The van der Waals surface area contributed by atoms with Crippen LogP contribution in [0.25, 0.3) is 0 Å². The van der Waals surface area contributed by atoms with Crippen molar-refractivity contribution in [2.24, 2.45) is 11.7 Å². The first-order valence-electron chi connectivity index (χ1n) is 4.85. The molecule has 0 bridgehead atoms. The maximum absolute atomic E-state index is 13.1. The summed E-state index contributed by atoms with van der Waals surface area (Å²) in [6.45, 7) is 4.07. The summed E-state index contributed by atoms with van der Waals surface area (Å²) in [4.78, 5) is 0. The van der Waals surface area contributed by atoms with E-state index in [-0.39, 0.29) is 24.2 Å². The lowest BCUT2D eigenvalue weighted by molar-refractivity contribution is 0.439. The molecular weight excluding hydrogens is 296 g/mol. The van der Waals surface area contributed by atoms with Crippen molar-refractivity contribution in [3.63, 3.8) is 0 Å². The molecule has 1 rings (SSSR count). The van der Waals surface area contributed by atoms with Crippen molar-refractivity contribution < 1.29 is 9.50 Å². The van der Waals surface area contributed by atoms with Crippen LogP contribution in [0.4, 0.5) is 4.39 Å². The molecule has 0 heterocycles. The van der Waals surface area contributed by atoms with Crippen molar-refractivity contribution in [1.29, 1.82) is 0 Å². The van der Waals surface area contributed by atoms with Gasteiger partial charge in [-0.1, -0.05) is 13.8 Å². The third-order valence-corrected chi connectivity index (χ3v) is 2.79. The molecule has 0 spiro atoms. The monoisotopic (exact) mass is 311 g/mol. The largest absolute Gasteiger partial charge is 0.506 e. The van der Waals surface area contributed by atoms with Crippen molar-refractivity contribution in [1.82, 2.24) is 0 Å². The van der Waals surface area contributed by atoms with E-state index in [0.717, 1.165) is 0 Å². The number of phenols is 1. The van der Waals surface area contributed by atoms with Crippen LogP contribution in [-0.4, -0.2) is 5.11 Å². The minimum Gasteiger partial charge on any atom is -0.506 e. The van der Waals surface area contributed by atoms with E-state index in [9.17, 15) is 9.50 Å². The van der Waals surface area contributed by atoms with Crippen LogP contribution in [-0.2, 0) is 0 Å². The van der Waals surface area contributed by atoms with Crippen LogP contribution in [0.5, 0.6) is 5.75 Å². The van der Waals surface area contributed by atoms with Crippen molar-refractivity contribution in [3.8, 4) is 5.75 Å². The highest BCUT2D eigenvalue weighted by atomic mass is 79.9. The zero-order valence-electron chi connectivity index (χ0n) is 9.21. The van der Waals surface area contributed by atoms with E-state index in [1.807, 2.05) is 13.8 Å². The van der Waals surface area contributed by atoms with Gasteiger partial charge in [0.15, 0.2) is 0 Å². The maximum atomic E-state index is 13.1. The van der Waals surface area contributed by atoms with Gasteiger partial charge in [-0.3, -0.25) is 0 Å². The molecule has 0 radical (unpaired) electrons. The standard InChI is InChI=1S/C11H15BrFNO.ClH/c1-6(2)3-10(14)8-4-7(13)5-9(12)11(8)15;/h4-6,10,15H,3,14H2,1-2H3;1H/t10-;/m1./s1. The molecule has 1 aromatic rings. The molecule has 0 aromatic heterocycles. The first-order valence-corrected chi connectivity index (χ1v) is 5.64. The zero-order chi connectivity index (χ0) is 11.6. The minimum atomic E-state index is -0.395. The van der Waals surface area contributed by atoms with E-state index in [1.54, 1.807) is 0 Å². The fraction of sp³-hybridized carbons (Fsp3) is 0.455. The summed E-state index contributed by atoms with van der Waals surface area (Å²) in [7, 11) is 0. The quantitative estimate of drug-likeness (QED) is 0.892. The van der Waals surface area contributed by atoms with Gasteiger partial charge >= 0.3 is 0 Å². The fourth-order valence-corrected chi connectivity index (χ4v) is 1.95. The van der Waals surface area contributed by atoms with E-state index in [0.29, 0.717) is 22.4 Å². The Hall–Kier alpha value is -0.320. The van der Waals surface area contributed by atoms with E-state index < -0.39 is 5.82 Å². The second-order valence-electron chi connectivity index (χ2n) is 4.06. The van der Waals surface area contributed by atoms with Crippen molar-refractivity contribution >= 4 is 28.3 Å². The van der Waals surface area contributed by atoms with E-state index in [4.69, 9.17) is 5.73 Å². The number of nitrogens with two attached hydrogens (primary N) is 1. The van der Waals surface area contributed by atoms with Gasteiger partial charge < -0.3 is 10.8 Å². The number of aromatic hydroxyl groups is 1. The molecule has 92 valence electrons. The third kappa shape index (κ3) is 3.92. The number of phenolic OH excluding ortho intramolecular Hbond substituents is 1. The molecule has 3 N–H and O–H groups in total. The lowest BCUT2D eigenvalue weighted by Gasteiger charge is -2.16. The van der Waals surface area contributed by atoms with Crippen LogP contribution in [0.15, 0.2) is 16.6 Å². The molecule has 0 aliphatic heterocycles. The second kappa shape index (κ2) is 6.42. The van der Waals surface area contributed by atoms with Gasteiger partial charge in [-0.25, -0.2) is 4.39 Å². The van der Waals surface area contributed by atoms with Gasteiger partial charge in [0.2, 0.25) is 0 Å². The Morgan fingerprint density at radius 1 is 1.44 bits per heavy atom. The maximum Gasteiger partial charge on any atom is 0.134 e. The smallest absolute Gasteiger partial charge is 0.134 e. The number of benzene rings is 1. The van der Waals surface area contributed by atoms with Crippen LogP contribution >= 0.6 is 28.3 Å². The fourth-order valence-electron chi connectivity index (χ4n) is 1.50. The average molecular weight is 313 g/mol. The Balaban J connectivity index is 0.00000225. The summed E-state index contributed by atoms with van der Waals surface area (Å²) in [6.07, 6.45) is 0.712. The number of hydrogen-bond acceptors (Lipinski definition) is 2. The van der Waals surface area contributed by atoms with Gasteiger partial charge in [-0.15, -0.1) is 12.4 Å². The molecule has 0 saturated heterocycles. The van der Waals surface area contributed by atoms with Gasteiger partial charge in [-0.05, 0) is 40.4 Å². The van der Waals surface area contributed by atoms with Crippen LogP contribution in [0.3, 0.4) is 0 Å². The normalized spacial score (nSPS) is 12.4. The lowest BCUT2D eigenvalue weighted by Crippen LogP contribution is -2.13. The van der Waals surface area contributed by atoms with Crippen LogP contribution in [0.2, 0.25) is 0 Å². The van der Waals surface area contributed by atoms with Gasteiger partial charge in [-0.2, -0.15) is 0 Å². The highest BCUT2D eigenvalue weighted by Crippen LogP contribution is 2.34. The zero-order valence-corrected chi connectivity index (χ0v) is 11.6. The number of hydrogen-bond donors (Lipinski definition) is 2. The SMILES string of the molecule is CC(C)C[C@@H](N)c1cc(F)cc(Br)c1O.Cl. The number of halogens is 3. The van der Waals surface area contributed by atoms with Crippen LogP contribution in [0, 0.1) is 11.7 Å². The molecule has 0 fully saturated rings. The Bertz CT molecular complexity index is 360. The summed E-state index contributed by atoms with van der Waals surface area (Å²) in [5.74, 6) is 0.0415. The Kier molecular flexibility index (Phi) is 6.30. The third-order valence-electron chi connectivity index (χ3n) is 2.18. The topological polar surface area (TPSA) is 46.2 Å². The molecule has 0 saturated carbocycles. The molecule has 0 amide bonds. The molecule has 5 heteroatoms. The second-order valence-corrected chi connectivity index (χ2v) is 4.92. The highest BCUT2D eigenvalue weighted by Gasteiger charge is 2.16. The van der Waals surface area contributed by atoms with Crippen molar-refractivity contribution in [2.75, 3.05) is 0 Å². The Morgan fingerprint density at radius 3 is 2.50 bits per heavy atom. The van der Waals surface area contributed by atoms with Crippen molar-refractivity contribution in [3.05, 3.63) is 28.0 Å². The van der Waals surface area contributed by atoms with Crippen LogP contribution in [0.1, 0.15) is 31.9 Å². The molecule has 1 atom stereocenters. The van der Waals surface area contributed by atoms with E-state index in [2.05, 4.69) is 15.9 Å². The average Bonchev–Trinajstić information content (AvgIpc) is 2.09. The predicted molar refractivity (Wildman–Crippen MR) is 69.4 cm³/mol. The molecular formula is C11H16BrClFNO.